The zero-order valence-electron chi connectivity index (χ0n) is 9.58. The van der Waals surface area contributed by atoms with Gasteiger partial charge in [0.2, 0.25) is 0 Å². The molecule has 0 radical (unpaired) electrons. The van der Waals surface area contributed by atoms with Gasteiger partial charge in [0.05, 0.1) is 28.2 Å². The maximum absolute atomic E-state index is 11.0. The Morgan fingerprint density at radius 2 is 2.17 bits per heavy atom. The molecule has 0 spiro atoms. The molecule has 0 saturated carbocycles. The maximum atomic E-state index is 11.0. The van der Waals surface area contributed by atoms with Gasteiger partial charge in [0, 0.05) is 12.4 Å². The van der Waals surface area contributed by atoms with E-state index in [-0.39, 0.29) is 5.56 Å². The van der Waals surface area contributed by atoms with E-state index in [0.29, 0.717) is 11.3 Å². The van der Waals surface area contributed by atoms with E-state index in [4.69, 9.17) is 10.8 Å². The fraction of sp³-hybridized carbons (Fsp3) is 0.0833. The van der Waals surface area contributed by atoms with E-state index in [0.717, 1.165) is 16.3 Å². The van der Waals surface area contributed by atoms with E-state index in [2.05, 4.69) is 10.1 Å². The van der Waals surface area contributed by atoms with Crippen LogP contribution < -0.4 is 5.73 Å². The van der Waals surface area contributed by atoms with Gasteiger partial charge in [-0.2, -0.15) is 5.10 Å². The van der Waals surface area contributed by atoms with Crippen molar-refractivity contribution < 1.29 is 9.90 Å². The van der Waals surface area contributed by atoms with Crippen LogP contribution in [0.3, 0.4) is 0 Å². The first-order chi connectivity index (χ1) is 8.58. The summed E-state index contributed by atoms with van der Waals surface area (Å²) >= 11 is 0. The zero-order valence-corrected chi connectivity index (χ0v) is 9.58. The zero-order chi connectivity index (χ0) is 12.9. The predicted molar refractivity (Wildman–Crippen MR) is 67.4 cm³/mol. The van der Waals surface area contributed by atoms with Crippen LogP contribution >= 0.6 is 0 Å². The molecular formula is C12H10N4O2. The molecule has 0 amide bonds. The number of nitrogen functional groups attached to an aromatic ring is 1. The van der Waals surface area contributed by atoms with Gasteiger partial charge in [-0.1, -0.05) is 0 Å². The minimum atomic E-state index is -0.968. The maximum Gasteiger partial charge on any atom is 0.335 e. The lowest BCUT2D eigenvalue weighted by molar-refractivity contribution is 0.0697. The van der Waals surface area contributed by atoms with Crippen molar-refractivity contribution in [3.63, 3.8) is 0 Å². The van der Waals surface area contributed by atoms with Crippen molar-refractivity contribution in [3.8, 4) is 0 Å². The van der Waals surface area contributed by atoms with Crippen LogP contribution in [0.15, 0.2) is 24.4 Å². The molecule has 0 fully saturated rings. The van der Waals surface area contributed by atoms with E-state index < -0.39 is 5.97 Å². The van der Waals surface area contributed by atoms with Gasteiger partial charge in [0.15, 0.2) is 0 Å². The molecule has 2 aromatic heterocycles. The highest BCUT2D eigenvalue weighted by Crippen LogP contribution is 2.27. The Morgan fingerprint density at radius 3 is 2.89 bits per heavy atom. The minimum absolute atomic E-state index is 0.219. The number of carboxylic acid groups (broad SMARTS) is 1. The molecular weight excluding hydrogens is 232 g/mol. The van der Waals surface area contributed by atoms with Gasteiger partial charge in [-0.3, -0.25) is 4.68 Å². The standard InChI is InChI=1S/C12H10N4O2/c1-16-10-7-4-6(12(17)18)2-3-9(7)15-11(13)8(10)5-14-16/h2-5H,1H3,(H2,13,15)(H,17,18). The molecule has 0 saturated heterocycles. The average Bonchev–Trinajstić information content (AvgIpc) is 2.72. The SMILES string of the molecule is Cn1ncc2c(N)nc3ccc(C(=O)O)cc3c21. The number of carbonyl (C=O) groups is 1. The molecule has 0 bridgehead atoms. The molecule has 2 heterocycles. The minimum Gasteiger partial charge on any atom is -0.478 e. The first-order valence-electron chi connectivity index (χ1n) is 5.32. The number of benzene rings is 1. The van der Waals surface area contributed by atoms with E-state index >= 15 is 0 Å². The summed E-state index contributed by atoms with van der Waals surface area (Å²) in [5.74, 6) is -0.572. The molecule has 0 unspecified atom stereocenters. The molecule has 6 nitrogen and oxygen atoms in total. The topological polar surface area (TPSA) is 94.0 Å². The van der Waals surface area contributed by atoms with Crippen molar-refractivity contribution >= 4 is 33.6 Å². The first kappa shape index (κ1) is 10.5. The lowest BCUT2D eigenvalue weighted by atomic mass is 10.1. The second kappa shape index (κ2) is 3.43. The number of aromatic nitrogens is 3. The number of fused-ring (bicyclic) bond motifs is 3. The fourth-order valence-corrected chi connectivity index (χ4v) is 2.09. The summed E-state index contributed by atoms with van der Waals surface area (Å²) in [6.07, 6.45) is 1.63. The second-order valence-electron chi connectivity index (χ2n) is 4.06. The number of pyridine rings is 1. The normalized spacial score (nSPS) is 11.2. The smallest absolute Gasteiger partial charge is 0.335 e. The average molecular weight is 242 g/mol. The van der Waals surface area contributed by atoms with Crippen LogP contribution in [-0.2, 0) is 7.05 Å². The molecule has 6 heteroatoms. The highest BCUT2D eigenvalue weighted by Gasteiger charge is 2.12. The fourth-order valence-electron chi connectivity index (χ4n) is 2.09. The van der Waals surface area contributed by atoms with E-state index in [9.17, 15) is 4.79 Å². The highest BCUT2D eigenvalue weighted by molar-refractivity contribution is 6.09. The molecule has 3 N–H and O–H groups in total. The van der Waals surface area contributed by atoms with Crippen LogP contribution in [0.2, 0.25) is 0 Å². The van der Waals surface area contributed by atoms with Crippen LogP contribution in [0, 0.1) is 0 Å². The third-order valence-electron chi connectivity index (χ3n) is 2.95. The Morgan fingerprint density at radius 1 is 1.39 bits per heavy atom. The van der Waals surface area contributed by atoms with Crippen LogP contribution in [0.25, 0.3) is 21.8 Å². The number of aryl methyl sites for hydroxylation is 1. The number of rotatable bonds is 1. The number of aromatic carboxylic acids is 1. The number of nitrogens with two attached hydrogens (primary N) is 1. The molecule has 90 valence electrons. The Labute approximate surface area is 102 Å². The van der Waals surface area contributed by atoms with Crippen LogP contribution in [0.4, 0.5) is 5.82 Å². The number of nitrogens with zero attached hydrogens (tertiary/aromatic N) is 3. The molecule has 0 atom stereocenters. The van der Waals surface area contributed by atoms with Crippen molar-refractivity contribution in [2.45, 2.75) is 0 Å². The Hall–Kier alpha value is -2.63. The molecule has 3 aromatic rings. The number of hydrogen-bond acceptors (Lipinski definition) is 4. The quantitative estimate of drug-likeness (QED) is 0.672. The number of hydrogen-bond donors (Lipinski definition) is 2. The van der Waals surface area contributed by atoms with Crippen molar-refractivity contribution in [1.82, 2.24) is 14.8 Å². The van der Waals surface area contributed by atoms with E-state index in [1.807, 2.05) is 0 Å². The summed E-state index contributed by atoms with van der Waals surface area (Å²) in [4.78, 5) is 15.3. The Balaban J connectivity index is 2.53. The summed E-state index contributed by atoms with van der Waals surface area (Å²) in [7, 11) is 1.79. The summed E-state index contributed by atoms with van der Waals surface area (Å²) in [6, 6.07) is 4.76. The second-order valence-corrected chi connectivity index (χ2v) is 4.06. The predicted octanol–water partition coefficient (Wildman–Crippen LogP) is 1.40. The Bertz CT molecular complexity index is 791. The molecule has 3 rings (SSSR count). The largest absolute Gasteiger partial charge is 0.478 e. The summed E-state index contributed by atoms with van der Waals surface area (Å²) in [5, 5.41) is 14.6. The molecule has 0 aliphatic heterocycles. The summed E-state index contributed by atoms with van der Waals surface area (Å²) in [6.45, 7) is 0. The Kier molecular flexibility index (Phi) is 2.00. The van der Waals surface area contributed by atoms with Crippen molar-refractivity contribution in [2.24, 2.45) is 7.05 Å². The van der Waals surface area contributed by atoms with Crippen molar-refractivity contribution in [3.05, 3.63) is 30.0 Å². The van der Waals surface area contributed by atoms with Gasteiger partial charge >= 0.3 is 5.97 Å². The highest BCUT2D eigenvalue weighted by atomic mass is 16.4. The van der Waals surface area contributed by atoms with Crippen LogP contribution in [-0.4, -0.2) is 25.8 Å². The molecule has 1 aromatic carbocycles. The van der Waals surface area contributed by atoms with Crippen LogP contribution in [0.5, 0.6) is 0 Å². The van der Waals surface area contributed by atoms with Gasteiger partial charge < -0.3 is 10.8 Å². The van der Waals surface area contributed by atoms with E-state index in [1.165, 1.54) is 6.07 Å². The van der Waals surface area contributed by atoms with E-state index in [1.54, 1.807) is 30.1 Å². The van der Waals surface area contributed by atoms with Crippen molar-refractivity contribution in [2.75, 3.05) is 5.73 Å². The van der Waals surface area contributed by atoms with Gasteiger partial charge in [0.1, 0.15) is 5.82 Å². The van der Waals surface area contributed by atoms with Crippen LogP contribution in [0.1, 0.15) is 10.4 Å². The summed E-state index contributed by atoms with van der Waals surface area (Å²) < 4.78 is 1.67. The molecule has 0 aliphatic carbocycles. The third-order valence-corrected chi connectivity index (χ3v) is 2.95. The van der Waals surface area contributed by atoms with Crippen molar-refractivity contribution in [1.29, 1.82) is 0 Å². The number of anilines is 1. The first-order valence-corrected chi connectivity index (χ1v) is 5.32. The monoisotopic (exact) mass is 242 g/mol. The lowest BCUT2D eigenvalue weighted by Gasteiger charge is -2.05. The molecule has 18 heavy (non-hydrogen) atoms. The van der Waals surface area contributed by atoms with Gasteiger partial charge in [-0.05, 0) is 18.2 Å². The molecule has 0 aliphatic rings. The number of carboxylic acids is 1. The van der Waals surface area contributed by atoms with Gasteiger partial charge in [-0.25, -0.2) is 9.78 Å². The third kappa shape index (κ3) is 1.32. The van der Waals surface area contributed by atoms with Gasteiger partial charge in [-0.15, -0.1) is 0 Å². The summed E-state index contributed by atoms with van der Waals surface area (Å²) in [5.41, 5.74) is 7.52. The van der Waals surface area contributed by atoms with Gasteiger partial charge in [0.25, 0.3) is 0 Å². The lowest BCUT2D eigenvalue weighted by Crippen LogP contribution is -1.99.